The van der Waals surface area contributed by atoms with Gasteiger partial charge in [0.05, 0.1) is 31.2 Å². The summed E-state index contributed by atoms with van der Waals surface area (Å²) < 4.78 is 43.3. The Morgan fingerprint density at radius 2 is 1.76 bits per heavy atom. The highest BCUT2D eigenvalue weighted by Crippen LogP contribution is 2.25. The van der Waals surface area contributed by atoms with Gasteiger partial charge < -0.3 is 10.6 Å². The highest BCUT2D eigenvalue weighted by molar-refractivity contribution is 5.92. The van der Waals surface area contributed by atoms with Crippen LogP contribution in [0.2, 0.25) is 0 Å². The van der Waals surface area contributed by atoms with Gasteiger partial charge in [-0.05, 0) is 12.1 Å². The number of halogens is 3. The predicted molar refractivity (Wildman–Crippen MR) is 108 cm³/mol. The van der Waals surface area contributed by atoms with Crippen molar-refractivity contribution in [3.63, 3.8) is 0 Å². The summed E-state index contributed by atoms with van der Waals surface area (Å²) in [6, 6.07) is 2.63. The first-order valence-corrected chi connectivity index (χ1v) is 9.93. The Hall–Kier alpha value is -3.84. The molecule has 11 nitrogen and oxygen atoms in total. The highest BCUT2D eigenvalue weighted by Gasteiger charge is 2.24. The molecule has 14 heteroatoms. The lowest BCUT2D eigenvalue weighted by Crippen LogP contribution is -2.24. The van der Waals surface area contributed by atoms with Gasteiger partial charge in [0.15, 0.2) is 11.4 Å². The van der Waals surface area contributed by atoms with E-state index in [0.717, 1.165) is 13.1 Å². The molecule has 1 atom stereocenters. The van der Waals surface area contributed by atoms with Crippen molar-refractivity contribution in [1.29, 1.82) is 0 Å². The van der Waals surface area contributed by atoms with Crippen LogP contribution in [0.3, 0.4) is 0 Å². The Balaban J connectivity index is 1.46. The molecular weight excluding hydrogens is 443 g/mol. The van der Waals surface area contributed by atoms with Crippen LogP contribution in [0.15, 0.2) is 30.7 Å². The molecule has 0 spiro atoms. The van der Waals surface area contributed by atoms with E-state index in [1.54, 1.807) is 0 Å². The summed E-state index contributed by atoms with van der Waals surface area (Å²) in [4.78, 5) is 27.6. The van der Waals surface area contributed by atoms with E-state index in [9.17, 15) is 22.8 Å². The number of carbonyl (C=O) groups is 2. The summed E-state index contributed by atoms with van der Waals surface area (Å²) in [6.07, 6.45) is 2.54. The smallest absolute Gasteiger partial charge is 0.273 e. The largest absolute Gasteiger partial charge is 0.354 e. The fraction of sp³-hybridized carbons (Fsp3) is 0.421. The molecule has 0 saturated heterocycles. The Bertz CT molecular complexity index is 1090. The number of alkyl halides is 3. The maximum Gasteiger partial charge on any atom is 0.273 e. The van der Waals surface area contributed by atoms with Crippen molar-refractivity contribution < 1.29 is 22.8 Å². The van der Waals surface area contributed by atoms with Gasteiger partial charge in [0, 0.05) is 38.7 Å². The van der Waals surface area contributed by atoms with E-state index >= 15 is 0 Å². The topological polar surface area (TPSA) is 133 Å². The lowest BCUT2D eigenvalue weighted by atomic mass is 10.1. The monoisotopic (exact) mass is 465 g/mol. The summed E-state index contributed by atoms with van der Waals surface area (Å²) in [7, 11) is 1.47. The highest BCUT2D eigenvalue weighted by atomic mass is 19.3. The zero-order valence-electron chi connectivity index (χ0n) is 17.9. The fourth-order valence-electron chi connectivity index (χ4n) is 2.75. The third-order valence-corrected chi connectivity index (χ3v) is 4.59. The van der Waals surface area contributed by atoms with Gasteiger partial charge in [-0.3, -0.25) is 19.3 Å². The van der Waals surface area contributed by atoms with E-state index in [1.165, 1.54) is 40.9 Å². The van der Waals surface area contributed by atoms with E-state index < -0.39 is 18.0 Å². The Labute approximate surface area is 186 Å². The zero-order valence-corrected chi connectivity index (χ0v) is 17.9. The molecule has 176 valence electrons. The maximum absolute atomic E-state index is 14.3. The van der Waals surface area contributed by atoms with Crippen molar-refractivity contribution in [2.75, 3.05) is 7.05 Å². The van der Waals surface area contributed by atoms with Gasteiger partial charge >= 0.3 is 0 Å². The van der Waals surface area contributed by atoms with Crippen LogP contribution < -0.4 is 10.6 Å². The van der Waals surface area contributed by atoms with E-state index in [2.05, 4.69) is 36.2 Å². The van der Waals surface area contributed by atoms with Crippen molar-refractivity contribution in [2.24, 2.45) is 0 Å². The summed E-state index contributed by atoms with van der Waals surface area (Å²) >= 11 is 0. The van der Waals surface area contributed by atoms with Gasteiger partial charge in [0.25, 0.3) is 17.7 Å². The second-order valence-electron chi connectivity index (χ2n) is 7.27. The van der Waals surface area contributed by atoms with Crippen LogP contribution in [0, 0.1) is 0 Å². The minimum absolute atomic E-state index is 0.00292. The van der Waals surface area contributed by atoms with Crippen LogP contribution in [0.4, 0.5) is 13.2 Å². The molecule has 0 radical (unpaired) electrons. The Morgan fingerprint density at radius 3 is 2.39 bits per heavy atom. The lowest BCUT2D eigenvalue weighted by Gasteiger charge is -2.10. The van der Waals surface area contributed by atoms with Crippen LogP contribution in [0.25, 0.3) is 0 Å². The van der Waals surface area contributed by atoms with Gasteiger partial charge in [-0.2, -0.15) is 0 Å². The Kier molecular flexibility index (Phi) is 7.35. The third-order valence-electron chi connectivity index (χ3n) is 4.59. The number of aromatic nitrogens is 7. The molecule has 0 aliphatic carbocycles. The van der Waals surface area contributed by atoms with Crippen molar-refractivity contribution >= 4 is 11.8 Å². The first-order valence-electron chi connectivity index (χ1n) is 9.93. The van der Waals surface area contributed by atoms with Crippen LogP contribution in [0.5, 0.6) is 0 Å². The number of hydrogen-bond acceptors (Lipinski definition) is 7. The predicted octanol–water partition coefficient (Wildman–Crippen LogP) is 1.09. The molecule has 0 saturated carbocycles. The average Bonchev–Trinajstić information content (AvgIpc) is 3.45. The van der Waals surface area contributed by atoms with Crippen LogP contribution in [-0.4, -0.2) is 60.0 Å². The summed E-state index contributed by atoms with van der Waals surface area (Å²) in [6.45, 7) is 0.839. The fourth-order valence-corrected chi connectivity index (χ4v) is 2.75. The molecule has 3 rings (SSSR count). The summed E-state index contributed by atoms with van der Waals surface area (Å²) in [5.41, 5.74) is 0.275. The molecule has 33 heavy (non-hydrogen) atoms. The number of amides is 2. The van der Waals surface area contributed by atoms with Crippen molar-refractivity contribution in [2.45, 2.75) is 45.1 Å². The lowest BCUT2D eigenvalue weighted by molar-refractivity contribution is 0.0170. The molecule has 3 heterocycles. The number of carbonyl (C=O) groups excluding carboxylic acids is 2. The van der Waals surface area contributed by atoms with Gasteiger partial charge in [-0.15, -0.1) is 10.2 Å². The van der Waals surface area contributed by atoms with Crippen LogP contribution >= 0.6 is 0 Å². The van der Waals surface area contributed by atoms with E-state index in [1.807, 2.05) is 0 Å². The number of nitrogens with zero attached hydrogens (tertiary/aromatic N) is 7. The minimum Gasteiger partial charge on any atom is -0.354 e. The Morgan fingerprint density at radius 1 is 1.09 bits per heavy atom. The molecule has 2 amide bonds. The van der Waals surface area contributed by atoms with Gasteiger partial charge in [0.2, 0.25) is 0 Å². The van der Waals surface area contributed by atoms with E-state index in [-0.39, 0.29) is 48.9 Å². The van der Waals surface area contributed by atoms with Crippen molar-refractivity contribution in [1.82, 2.24) is 45.6 Å². The standard InChI is InChI=1S/C19H22F3N9O2/c1-19(21,22)12-3-4-14(24-7-12)8-25-18(33)16-11-31(29-27-16)9-13(20)5-6-30-10-15(26-28-30)17(32)23-2/h3-4,7,10-11,13H,5-6,8-9H2,1-2H3,(H,23,32)(H,25,33). The average molecular weight is 465 g/mol. The number of rotatable bonds is 10. The quantitative estimate of drug-likeness (QED) is 0.458. The van der Waals surface area contributed by atoms with Gasteiger partial charge in [-0.1, -0.05) is 10.4 Å². The number of aryl methyl sites for hydroxylation is 1. The molecule has 3 aromatic heterocycles. The SMILES string of the molecule is CNC(=O)c1cn(CCC(F)Cn2cc(C(=O)NCc3ccc(C(C)(F)F)cn3)nn2)nn1. The number of nitrogens with one attached hydrogen (secondary N) is 2. The van der Waals surface area contributed by atoms with E-state index in [0.29, 0.717) is 5.69 Å². The van der Waals surface area contributed by atoms with Gasteiger partial charge in [-0.25, -0.2) is 17.9 Å². The van der Waals surface area contributed by atoms with Crippen molar-refractivity contribution in [3.8, 4) is 0 Å². The third kappa shape index (κ3) is 6.57. The summed E-state index contributed by atoms with van der Waals surface area (Å²) in [5.74, 6) is -3.94. The molecule has 2 N–H and O–H groups in total. The first kappa shape index (κ1) is 23.8. The molecule has 0 aromatic carbocycles. The molecular formula is C19H22F3N9O2. The van der Waals surface area contributed by atoms with Gasteiger partial charge in [0.1, 0.15) is 6.17 Å². The van der Waals surface area contributed by atoms with Crippen molar-refractivity contribution in [3.05, 3.63) is 53.4 Å². The van der Waals surface area contributed by atoms with Crippen LogP contribution in [0.1, 0.15) is 45.6 Å². The normalized spacial score (nSPS) is 12.4. The number of pyridine rings is 1. The molecule has 3 aromatic rings. The second kappa shape index (κ2) is 10.2. The first-order chi connectivity index (χ1) is 15.7. The molecule has 0 aliphatic rings. The number of hydrogen-bond donors (Lipinski definition) is 2. The molecule has 0 aliphatic heterocycles. The second-order valence-corrected chi connectivity index (χ2v) is 7.27. The van der Waals surface area contributed by atoms with E-state index in [4.69, 9.17) is 0 Å². The molecule has 0 bridgehead atoms. The maximum atomic E-state index is 14.3. The minimum atomic E-state index is -2.99. The zero-order chi connectivity index (χ0) is 24.0. The molecule has 1 unspecified atom stereocenters. The summed E-state index contributed by atoms with van der Waals surface area (Å²) in [5, 5.41) is 19.9. The van der Waals surface area contributed by atoms with Crippen LogP contribution in [-0.2, 0) is 25.6 Å². The molecule has 0 fully saturated rings.